The molecule has 0 aromatic carbocycles. The highest BCUT2D eigenvalue weighted by Crippen LogP contribution is 2.09. The maximum Gasteiger partial charge on any atom is 0.157 e. The second kappa shape index (κ2) is 5.52. The Morgan fingerprint density at radius 1 is 1.36 bits per heavy atom. The molecule has 0 bridgehead atoms. The highest BCUT2D eigenvalue weighted by Gasteiger charge is 2.12. The summed E-state index contributed by atoms with van der Waals surface area (Å²) in [5.41, 5.74) is 0. The van der Waals surface area contributed by atoms with Crippen molar-refractivity contribution in [3.8, 4) is 0 Å². The lowest BCUT2D eigenvalue weighted by atomic mass is 10.3. The van der Waals surface area contributed by atoms with E-state index >= 15 is 0 Å². The van der Waals surface area contributed by atoms with Crippen molar-refractivity contribution in [3.63, 3.8) is 0 Å². The van der Waals surface area contributed by atoms with E-state index < -0.39 is 0 Å². The predicted molar refractivity (Wildman–Crippen MR) is 41.4 cm³/mol. The van der Waals surface area contributed by atoms with Gasteiger partial charge < -0.3 is 14.2 Å². The third kappa shape index (κ3) is 3.70. The molecule has 0 aromatic rings. The van der Waals surface area contributed by atoms with Gasteiger partial charge in [0.15, 0.2) is 6.29 Å². The number of ether oxygens (including phenoxy) is 3. The molecule has 1 aliphatic heterocycles. The Kier molecular flexibility index (Phi) is 4.50. The summed E-state index contributed by atoms with van der Waals surface area (Å²) in [6.45, 7) is 2.48. The van der Waals surface area contributed by atoms with Gasteiger partial charge in [0, 0.05) is 20.1 Å². The molecule has 0 radical (unpaired) electrons. The Balaban J connectivity index is 1.96. The predicted octanol–water partition coefficient (Wildman–Crippen LogP) is 1.18. The van der Waals surface area contributed by atoms with Gasteiger partial charge in [-0.05, 0) is 12.8 Å². The molecule has 1 aliphatic rings. The van der Waals surface area contributed by atoms with Crippen molar-refractivity contribution >= 4 is 0 Å². The van der Waals surface area contributed by atoms with E-state index in [9.17, 15) is 0 Å². The molecule has 0 saturated carbocycles. The molecule has 3 heteroatoms. The van der Waals surface area contributed by atoms with Gasteiger partial charge in [-0.25, -0.2) is 0 Å². The Morgan fingerprint density at radius 2 is 2.09 bits per heavy atom. The van der Waals surface area contributed by atoms with Gasteiger partial charge in [-0.15, -0.1) is 0 Å². The summed E-state index contributed by atoms with van der Waals surface area (Å²) in [6.07, 6.45) is 3.02. The van der Waals surface area contributed by atoms with Crippen molar-refractivity contribution in [2.45, 2.75) is 25.6 Å². The Hall–Kier alpha value is -0.120. The normalized spacial score (nSPS) is 20.5. The Bertz CT molecular complexity index is 89.3. The monoisotopic (exact) mass is 160 g/mol. The Labute approximate surface area is 67.6 Å². The number of hydrogen-bond donors (Lipinski definition) is 0. The average Bonchev–Trinajstić information content (AvgIpc) is 2.07. The summed E-state index contributed by atoms with van der Waals surface area (Å²) in [4.78, 5) is 0. The molecule has 0 N–H and O–H groups in total. The minimum absolute atomic E-state index is 0.0268. The van der Waals surface area contributed by atoms with Crippen LogP contribution in [0.4, 0.5) is 0 Å². The molecule has 3 nitrogen and oxygen atoms in total. The zero-order chi connectivity index (χ0) is 7.94. The van der Waals surface area contributed by atoms with Crippen LogP contribution in [0.3, 0.4) is 0 Å². The first-order valence-corrected chi connectivity index (χ1v) is 4.15. The van der Waals surface area contributed by atoms with Crippen molar-refractivity contribution in [2.75, 3.05) is 26.9 Å². The minimum Gasteiger partial charge on any atom is -0.385 e. The van der Waals surface area contributed by atoms with Gasteiger partial charge in [-0.3, -0.25) is 0 Å². The van der Waals surface area contributed by atoms with Gasteiger partial charge >= 0.3 is 0 Å². The van der Waals surface area contributed by atoms with Gasteiger partial charge in [0.25, 0.3) is 0 Å². The van der Waals surface area contributed by atoms with Crippen molar-refractivity contribution in [3.05, 3.63) is 0 Å². The van der Waals surface area contributed by atoms with Gasteiger partial charge in [0.2, 0.25) is 0 Å². The molecule has 0 amide bonds. The lowest BCUT2D eigenvalue weighted by Crippen LogP contribution is -2.24. The van der Waals surface area contributed by atoms with E-state index in [2.05, 4.69) is 0 Å². The molecule has 1 rings (SSSR count). The maximum atomic E-state index is 5.35. The van der Waals surface area contributed by atoms with Crippen molar-refractivity contribution in [2.24, 2.45) is 0 Å². The van der Waals surface area contributed by atoms with Crippen molar-refractivity contribution < 1.29 is 14.2 Å². The summed E-state index contributed by atoms with van der Waals surface area (Å²) in [6, 6.07) is 0. The molecule has 0 unspecified atom stereocenters. The smallest absolute Gasteiger partial charge is 0.157 e. The van der Waals surface area contributed by atoms with Crippen LogP contribution in [0.15, 0.2) is 0 Å². The average molecular weight is 160 g/mol. The first kappa shape index (κ1) is 8.97. The summed E-state index contributed by atoms with van der Waals surface area (Å²) < 4.78 is 15.6. The quantitative estimate of drug-likeness (QED) is 0.578. The highest BCUT2D eigenvalue weighted by atomic mass is 16.7. The van der Waals surface area contributed by atoms with E-state index in [4.69, 9.17) is 14.2 Å². The SMILES string of the molecule is COCCCC1OCCCO1. The van der Waals surface area contributed by atoms with E-state index in [1.807, 2.05) is 0 Å². The van der Waals surface area contributed by atoms with Crippen LogP contribution >= 0.6 is 0 Å². The molecule has 11 heavy (non-hydrogen) atoms. The molecule has 1 saturated heterocycles. The maximum absolute atomic E-state index is 5.35. The zero-order valence-electron chi connectivity index (χ0n) is 7.04. The van der Waals surface area contributed by atoms with Crippen molar-refractivity contribution in [1.29, 1.82) is 0 Å². The molecule has 1 heterocycles. The van der Waals surface area contributed by atoms with Crippen LogP contribution in [0, 0.1) is 0 Å². The number of rotatable bonds is 4. The zero-order valence-corrected chi connectivity index (χ0v) is 7.04. The fourth-order valence-corrected chi connectivity index (χ4v) is 1.10. The third-order valence-corrected chi connectivity index (χ3v) is 1.68. The molecule has 1 fully saturated rings. The summed E-state index contributed by atoms with van der Waals surface area (Å²) in [7, 11) is 1.71. The van der Waals surface area contributed by atoms with E-state index in [-0.39, 0.29) is 6.29 Å². The van der Waals surface area contributed by atoms with E-state index in [0.717, 1.165) is 39.1 Å². The van der Waals surface area contributed by atoms with Crippen LogP contribution in [0.25, 0.3) is 0 Å². The Morgan fingerprint density at radius 3 is 2.73 bits per heavy atom. The first-order chi connectivity index (χ1) is 5.43. The second-order valence-electron chi connectivity index (χ2n) is 2.66. The fourth-order valence-electron chi connectivity index (χ4n) is 1.10. The number of hydrogen-bond acceptors (Lipinski definition) is 3. The molecule has 66 valence electrons. The van der Waals surface area contributed by atoms with E-state index in [1.165, 1.54) is 0 Å². The first-order valence-electron chi connectivity index (χ1n) is 4.15. The summed E-state index contributed by atoms with van der Waals surface area (Å²) in [5, 5.41) is 0. The second-order valence-corrected chi connectivity index (χ2v) is 2.66. The van der Waals surface area contributed by atoms with E-state index in [1.54, 1.807) is 7.11 Å². The lowest BCUT2D eigenvalue weighted by Gasteiger charge is -2.22. The molecule has 0 atom stereocenters. The van der Waals surface area contributed by atoms with Crippen LogP contribution in [0.2, 0.25) is 0 Å². The fraction of sp³-hybridized carbons (Fsp3) is 1.00. The van der Waals surface area contributed by atoms with Crippen LogP contribution in [0.5, 0.6) is 0 Å². The summed E-state index contributed by atoms with van der Waals surface area (Å²) in [5.74, 6) is 0. The van der Waals surface area contributed by atoms with Crippen LogP contribution in [0.1, 0.15) is 19.3 Å². The summed E-state index contributed by atoms with van der Waals surface area (Å²) >= 11 is 0. The highest BCUT2D eigenvalue weighted by molar-refractivity contribution is 4.51. The van der Waals surface area contributed by atoms with Gasteiger partial charge in [0.1, 0.15) is 0 Å². The lowest BCUT2D eigenvalue weighted by molar-refractivity contribution is -0.182. The standard InChI is InChI=1S/C8H16O3/c1-9-5-2-4-8-10-6-3-7-11-8/h8H,2-7H2,1H3. The molecule has 0 spiro atoms. The van der Waals surface area contributed by atoms with Crippen LogP contribution < -0.4 is 0 Å². The minimum atomic E-state index is 0.0268. The van der Waals surface area contributed by atoms with Gasteiger partial charge in [-0.1, -0.05) is 0 Å². The number of methoxy groups -OCH3 is 1. The van der Waals surface area contributed by atoms with Crippen LogP contribution in [-0.2, 0) is 14.2 Å². The molecular formula is C8H16O3. The molecular weight excluding hydrogens is 144 g/mol. The van der Waals surface area contributed by atoms with Crippen LogP contribution in [-0.4, -0.2) is 33.2 Å². The topological polar surface area (TPSA) is 27.7 Å². The van der Waals surface area contributed by atoms with E-state index in [0.29, 0.717) is 0 Å². The van der Waals surface area contributed by atoms with Crippen molar-refractivity contribution in [1.82, 2.24) is 0 Å². The third-order valence-electron chi connectivity index (χ3n) is 1.68. The van der Waals surface area contributed by atoms with Gasteiger partial charge in [0.05, 0.1) is 13.2 Å². The molecule has 0 aliphatic carbocycles. The molecule has 0 aromatic heterocycles. The largest absolute Gasteiger partial charge is 0.385 e. The van der Waals surface area contributed by atoms with Gasteiger partial charge in [-0.2, -0.15) is 0 Å².